The second-order valence-electron chi connectivity index (χ2n) is 2.71. The molecule has 0 atom stereocenters. The van der Waals surface area contributed by atoms with Gasteiger partial charge in [0.1, 0.15) is 0 Å². The van der Waals surface area contributed by atoms with Gasteiger partial charge < -0.3 is 5.73 Å². The molecule has 0 aliphatic heterocycles. The molecule has 0 aliphatic rings. The molecule has 0 spiro atoms. The van der Waals surface area contributed by atoms with Crippen LogP contribution in [0, 0.1) is 0 Å². The Balaban J connectivity index is 3.58. The van der Waals surface area contributed by atoms with Crippen molar-refractivity contribution in [2.45, 2.75) is 26.2 Å². The third kappa shape index (κ3) is 6.57. The van der Waals surface area contributed by atoms with Gasteiger partial charge in [0.25, 0.3) is 0 Å². The van der Waals surface area contributed by atoms with Crippen molar-refractivity contribution in [2.24, 2.45) is 5.73 Å². The van der Waals surface area contributed by atoms with E-state index in [1.807, 2.05) is 6.92 Å². The molecule has 3 N–H and O–H groups in total. The van der Waals surface area contributed by atoms with E-state index in [0.29, 0.717) is 19.5 Å². The Morgan fingerprint density at radius 2 is 2.00 bits per heavy atom. The molecule has 0 aromatic carbocycles. The van der Waals surface area contributed by atoms with Gasteiger partial charge in [-0.15, -0.1) is 0 Å². The number of nitrogens with one attached hydrogen (secondary N) is 1. The van der Waals surface area contributed by atoms with Gasteiger partial charge in [-0.3, -0.25) is 0 Å². The smallest absolute Gasteiger partial charge is 0.211 e. The lowest BCUT2D eigenvalue weighted by molar-refractivity contribution is 0.576. The maximum Gasteiger partial charge on any atom is 0.211 e. The van der Waals surface area contributed by atoms with E-state index in [1.54, 1.807) is 0 Å². The first-order chi connectivity index (χ1) is 5.62. The number of rotatable bonds is 7. The lowest BCUT2D eigenvalue weighted by Crippen LogP contribution is -2.27. The first-order valence-corrected chi connectivity index (χ1v) is 5.95. The molecule has 0 amide bonds. The summed E-state index contributed by atoms with van der Waals surface area (Å²) in [5.74, 6) is 0.199. The number of hydrogen-bond donors (Lipinski definition) is 2. The molecule has 0 heterocycles. The van der Waals surface area contributed by atoms with Gasteiger partial charge in [0.05, 0.1) is 5.75 Å². The standard InChI is InChI=1S/C7H18N2O2S/c1-2-6-9-12(10,11)7-4-3-5-8/h9H,2-8H2,1H3. The average Bonchev–Trinajstić information content (AvgIpc) is 2.01. The average molecular weight is 194 g/mol. The molecule has 0 unspecified atom stereocenters. The molecule has 0 aromatic rings. The van der Waals surface area contributed by atoms with Gasteiger partial charge in [-0.1, -0.05) is 6.92 Å². The molecular weight excluding hydrogens is 176 g/mol. The molecule has 0 fully saturated rings. The first-order valence-electron chi connectivity index (χ1n) is 4.30. The summed E-state index contributed by atoms with van der Waals surface area (Å²) in [6.45, 7) is 3.02. The Bertz CT molecular complexity index is 190. The maximum absolute atomic E-state index is 11.1. The lowest BCUT2D eigenvalue weighted by Gasteiger charge is -2.03. The zero-order valence-corrected chi connectivity index (χ0v) is 8.36. The van der Waals surface area contributed by atoms with Crippen LogP contribution in [0.3, 0.4) is 0 Å². The van der Waals surface area contributed by atoms with Crippen LogP contribution in [0.2, 0.25) is 0 Å². The zero-order valence-electron chi connectivity index (χ0n) is 7.54. The molecule has 0 saturated carbocycles. The summed E-state index contributed by atoms with van der Waals surface area (Å²) < 4.78 is 24.7. The van der Waals surface area contributed by atoms with Crippen LogP contribution < -0.4 is 10.5 Å². The van der Waals surface area contributed by atoms with Gasteiger partial charge in [-0.25, -0.2) is 13.1 Å². The van der Waals surface area contributed by atoms with Crippen LogP contribution in [0.4, 0.5) is 0 Å². The molecule has 0 rings (SSSR count). The van der Waals surface area contributed by atoms with Crippen molar-refractivity contribution >= 4 is 10.0 Å². The Kier molecular flexibility index (Phi) is 6.32. The summed E-state index contributed by atoms with van der Waals surface area (Å²) in [6, 6.07) is 0. The Morgan fingerprint density at radius 1 is 1.33 bits per heavy atom. The van der Waals surface area contributed by atoms with E-state index in [0.717, 1.165) is 12.8 Å². The van der Waals surface area contributed by atoms with Crippen molar-refractivity contribution in [1.29, 1.82) is 0 Å². The molecule has 5 heteroatoms. The van der Waals surface area contributed by atoms with Gasteiger partial charge in [0, 0.05) is 6.54 Å². The minimum absolute atomic E-state index is 0.199. The predicted molar refractivity (Wildman–Crippen MR) is 50.4 cm³/mol. The highest BCUT2D eigenvalue weighted by Gasteiger charge is 2.06. The van der Waals surface area contributed by atoms with Crippen molar-refractivity contribution in [1.82, 2.24) is 4.72 Å². The quantitative estimate of drug-likeness (QED) is 0.563. The zero-order chi connectivity index (χ0) is 9.45. The first kappa shape index (κ1) is 11.9. The van der Waals surface area contributed by atoms with Crippen LogP contribution in [-0.2, 0) is 10.0 Å². The summed E-state index contributed by atoms with van der Waals surface area (Å²) in [4.78, 5) is 0. The highest BCUT2D eigenvalue weighted by atomic mass is 32.2. The molecule has 4 nitrogen and oxygen atoms in total. The molecule has 74 valence electrons. The minimum Gasteiger partial charge on any atom is -0.330 e. The lowest BCUT2D eigenvalue weighted by atomic mass is 10.3. The van der Waals surface area contributed by atoms with Crippen LogP contribution in [0.1, 0.15) is 26.2 Å². The van der Waals surface area contributed by atoms with Gasteiger partial charge in [-0.2, -0.15) is 0 Å². The van der Waals surface area contributed by atoms with Crippen molar-refractivity contribution < 1.29 is 8.42 Å². The van der Waals surface area contributed by atoms with Crippen LogP contribution >= 0.6 is 0 Å². The van der Waals surface area contributed by atoms with Crippen LogP contribution in [0.15, 0.2) is 0 Å². The van der Waals surface area contributed by atoms with E-state index in [-0.39, 0.29) is 5.75 Å². The highest BCUT2D eigenvalue weighted by molar-refractivity contribution is 7.89. The van der Waals surface area contributed by atoms with Crippen molar-refractivity contribution in [3.8, 4) is 0 Å². The largest absolute Gasteiger partial charge is 0.330 e. The third-order valence-corrected chi connectivity index (χ3v) is 2.91. The Morgan fingerprint density at radius 3 is 2.50 bits per heavy atom. The number of sulfonamides is 1. The Hall–Kier alpha value is -0.130. The summed E-state index contributed by atoms with van der Waals surface area (Å²) in [6.07, 6.45) is 2.25. The molecule has 12 heavy (non-hydrogen) atoms. The summed E-state index contributed by atoms with van der Waals surface area (Å²) >= 11 is 0. The van der Waals surface area contributed by atoms with Crippen LogP contribution in [0.5, 0.6) is 0 Å². The van der Waals surface area contributed by atoms with E-state index in [1.165, 1.54) is 0 Å². The second-order valence-corrected chi connectivity index (χ2v) is 4.64. The molecule has 0 radical (unpaired) electrons. The van der Waals surface area contributed by atoms with Gasteiger partial charge in [0.2, 0.25) is 10.0 Å². The minimum atomic E-state index is -3.02. The molecule has 0 bridgehead atoms. The molecular formula is C7H18N2O2S. The molecule has 0 aromatic heterocycles. The van der Waals surface area contributed by atoms with Crippen molar-refractivity contribution in [2.75, 3.05) is 18.8 Å². The summed E-state index contributed by atoms with van der Waals surface area (Å²) in [7, 11) is -3.02. The number of nitrogens with two attached hydrogens (primary N) is 1. The predicted octanol–water partition coefficient (Wildman–Crippen LogP) is 0.0547. The van der Waals surface area contributed by atoms with E-state index in [9.17, 15) is 8.42 Å². The van der Waals surface area contributed by atoms with E-state index in [2.05, 4.69) is 4.72 Å². The van der Waals surface area contributed by atoms with Gasteiger partial charge in [-0.05, 0) is 25.8 Å². The maximum atomic E-state index is 11.1. The summed E-state index contributed by atoms with van der Waals surface area (Å²) in [5, 5.41) is 0. The molecule has 0 saturated heterocycles. The van der Waals surface area contributed by atoms with Crippen molar-refractivity contribution in [3.05, 3.63) is 0 Å². The SMILES string of the molecule is CCCNS(=O)(=O)CCCCN. The van der Waals surface area contributed by atoms with Gasteiger partial charge >= 0.3 is 0 Å². The van der Waals surface area contributed by atoms with E-state index >= 15 is 0 Å². The highest BCUT2D eigenvalue weighted by Crippen LogP contribution is 1.92. The normalized spacial score (nSPS) is 11.8. The van der Waals surface area contributed by atoms with Gasteiger partial charge in [0.15, 0.2) is 0 Å². The Labute approximate surface area is 74.6 Å². The van der Waals surface area contributed by atoms with E-state index < -0.39 is 10.0 Å². The topological polar surface area (TPSA) is 72.2 Å². The fourth-order valence-corrected chi connectivity index (χ4v) is 2.01. The van der Waals surface area contributed by atoms with Crippen LogP contribution in [0.25, 0.3) is 0 Å². The fourth-order valence-electron chi connectivity index (χ4n) is 0.766. The monoisotopic (exact) mass is 194 g/mol. The van der Waals surface area contributed by atoms with Crippen LogP contribution in [-0.4, -0.2) is 27.3 Å². The third-order valence-electron chi connectivity index (χ3n) is 1.44. The summed E-state index contributed by atoms with van der Waals surface area (Å²) in [5.41, 5.74) is 5.24. The molecule has 0 aliphatic carbocycles. The number of unbranched alkanes of at least 4 members (excludes halogenated alkanes) is 1. The number of hydrogen-bond acceptors (Lipinski definition) is 3. The second kappa shape index (κ2) is 6.39. The fraction of sp³-hybridized carbons (Fsp3) is 1.00. The van der Waals surface area contributed by atoms with E-state index in [4.69, 9.17) is 5.73 Å². The van der Waals surface area contributed by atoms with Crippen molar-refractivity contribution in [3.63, 3.8) is 0 Å².